The van der Waals surface area contributed by atoms with Crippen LogP contribution in [0.25, 0.3) is 0 Å². The Morgan fingerprint density at radius 1 is 0.909 bits per heavy atom. The Bertz CT molecular complexity index is 779. The lowest BCUT2D eigenvalue weighted by Gasteiger charge is -2.11. The number of nitrogens with one attached hydrogen (secondary N) is 2. The summed E-state index contributed by atoms with van der Waals surface area (Å²) < 4.78 is 26.9. The van der Waals surface area contributed by atoms with Crippen molar-refractivity contribution in [2.45, 2.75) is 11.8 Å². The number of sulfonamides is 1. The van der Waals surface area contributed by atoms with Gasteiger partial charge in [-0.15, -0.1) is 0 Å². The van der Waals surface area contributed by atoms with Crippen LogP contribution in [0.3, 0.4) is 0 Å². The van der Waals surface area contributed by atoms with Crippen molar-refractivity contribution in [3.63, 3.8) is 0 Å². The van der Waals surface area contributed by atoms with Gasteiger partial charge in [0.15, 0.2) is 0 Å². The van der Waals surface area contributed by atoms with Gasteiger partial charge >= 0.3 is 0 Å². The number of allylic oxidation sites excluding steroid dienone is 1. The van der Waals surface area contributed by atoms with Gasteiger partial charge in [-0.2, -0.15) is 0 Å². The summed E-state index contributed by atoms with van der Waals surface area (Å²) in [6, 6.07) is 15.2. The summed E-state index contributed by atoms with van der Waals surface area (Å²) in [6.07, 6.45) is 0. The Labute approximate surface area is 131 Å². The molecule has 0 spiro atoms. The molecule has 114 valence electrons. The molecule has 0 aliphatic heterocycles. The van der Waals surface area contributed by atoms with Gasteiger partial charge in [-0.1, -0.05) is 31.4 Å². The fourth-order valence-corrected chi connectivity index (χ4v) is 2.80. The van der Waals surface area contributed by atoms with Crippen molar-refractivity contribution in [2.24, 2.45) is 0 Å². The van der Waals surface area contributed by atoms with Crippen LogP contribution >= 0.6 is 0 Å². The highest BCUT2D eigenvalue weighted by Gasteiger charge is 2.13. The van der Waals surface area contributed by atoms with Crippen LogP contribution in [0.4, 0.5) is 11.4 Å². The second-order valence-corrected chi connectivity index (χ2v) is 6.56. The maximum Gasteiger partial charge on any atom is 0.261 e. The zero-order chi connectivity index (χ0) is 16.2. The lowest BCUT2D eigenvalue weighted by atomic mass is 10.2. The third kappa shape index (κ3) is 3.99. The number of hydrogen-bond acceptors (Lipinski definition) is 3. The Morgan fingerprint density at radius 2 is 1.45 bits per heavy atom. The van der Waals surface area contributed by atoms with Gasteiger partial charge in [-0.25, -0.2) is 8.42 Å². The quantitative estimate of drug-likeness (QED) is 0.793. The molecule has 0 aromatic heterocycles. The Balaban J connectivity index is 2.12. The van der Waals surface area contributed by atoms with Crippen molar-refractivity contribution in [1.29, 1.82) is 0 Å². The molecule has 0 radical (unpaired) electrons. The van der Waals surface area contributed by atoms with Gasteiger partial charge in [0.05, 0.1) is 4.90 Å². The van der Waals surface area contributed by atoms with Crippen LogP contribution in [0.2, 0.25) is 0 Å². The highest BCUT2D eigenvalue weighted by atomic mass is 32.2. The molecular weight excluding hydrogens is 296 g/mol. The van der Waals surface area contributed by atoms with E-state index in [1.807, 2.05) is 6.92 Å². The maximum atomic E-state index is 12.2. The zero-order valence-electron chi connectivity index (χ0n) is 12.3. The van der Waals surface area contributed by atoms with E-state index in [-0.39, 0.29) is 4.90 Å². The number of benzene rings is 2. The van der Waals surface area contributed by atoms with E-state index in [1.54, 1.807) is 54.6 Å². The summed E-state index contributed by atoms with van der Waals surface area (Å²) in [4.78, 5) is 0.230. The highest BCUT2D eigenvalue weighted by Crippen LogP contribution is 2.19. The molecule has 0 heterocycles. The predicted octanol–water partition coefficient (Wildman–Crippen LogP) is 3.99. The first-order valence-corrected chi connectivity index (χ1v) is 8.16. The minimum atomic E-state index is -3.56. The molecule has 2 aromatic rings. The van der Waals surface area contributed by atoms with Gasteiger partial charge in [-0.3, -0.25) is 4.72 Å². The molecule has 2 N–H and O–H groups in total. The lowest BCUT2D eigenvalue weighted by Crippen LogP contribution is -2.12. The average molecular weight is 314 g/mol. The molecule has 4 nitrogen and oxygen atoms in total. The zero-order valence-corrected chi connectivity index (χ0v) is 13.2. The summed E-state index contributed by atoms with van der Waals surface area (Å²) in [6.45, 7) is 9.50. The van der Waals surface area contributed by atoms with E-state index in [0.717, 1.165) is 17.0 Å². The predicted molar refractivity (Wildman–Crippen MR) is 91.3 cm³/mol. The summed E-state index contributed by atoms with van der Waals surface area (Å²) in [5.74, 6) is 0. The van der Waals surface area contributed by atoms with Crippen LogP contribution in [0.1, 0.15) is 6.92 Å². The second kappa shape index (κ2) is 6.49. The van der Waals surface area contributed by atoms with Crippen molar-refractivity contribution in [3.8, 4) is 0 Å². The minimum absolute atomic E-state index is 0.230. The lowest BCUT2D eigenvalue weighted by molar-refractivity contribution is 0.601. The van der Waals surface area contributed by atoms with Crippen molar-refractivity contribution < 1.29 is 8.42 Å². The van der Waals surface area contributed by atoms with Crippen molar-refractivity contribution >= 4 is 21.4 Å². The third-order valence-corrected chi connectivity index (χ3v) is 4.40. The van der Waals surface area contributed by atoms with Gasteiger partial charge in [0, 0.05) is 17.1 Å². The van der Waals surface area contributed by atoms with Crippen molar-refractivity contribution in [1.82, 2.24) is 0 Å². The molecule has 2 rings (SSSR count). The fourth-order valence-electron chi connectivity index (χ4n) is 1.72. The van der Waals surface area contributed by atoms with E-state index in [1.165, 1.54) is 0 Å². The SMILES string of the molecule is C=C(C)C(=C)Nc1ccc(NS(=O)(=O)c2ccccc2)cc1. The summed E-state index contributed by atoms with van der Waals surface area (Å²) in [7, 11) is -3.56. The molecular formula is C17H18N2O2S. The van der Waals surface area contributed by atoms with Crippen LogP contribution in [-0.2, 0) is 10.0 Å². The van der Waals surface area contributed by atoms with E-state index in [0.29, 0.717) is 5.69 Å². The van der Waals surface area contributed by atoms with Crippen molar-refractivity contribution in [3.05, 3.63) is 79.0 Å². The first-order valence-electron chi connectivity index (χ1n) is 6.68. The molecule has 0 aliphatic carbocycles. The first-order chi connectivity index (χ1) is 10.4. The molecule has 0 saturated carbocycles. The molecule has 0 saturated heterocycles. The largest absolute Gasteiger partial charge is 0.356 e. The molecule has 0 bridgehead atoms. The Kier molecular flexibility index (Phi) is 4.68. The molecule has 0 fully saturated rings. The molecule has 5 heteroatoms. The minimum Gasteiger partial charge on any atom is -0.356 e. The monoisotopic (exact) mass is 314 g/mol. The Hall–Kier alpha value is -2.53. The fraction of sp³-hybridized carbons (Fsp3) is 0.0588. The van der Waals surface area contributed by atoms with E-state index in [9.17, 15) is 8.42 Å². The molecule has 0 unspecified atom stereocenters. The smallest absolute Gasteiger partial charge is 0.261 e. The van der Waals surface area contributed by atoms with Crippen LogP contribution in [0.5, 0.6) is 0 Å². The van der Waals surface area contributed by atoms with Crippen LogP contribution in [0, 0.1) is 0 Å². The molecule has 0 atom stereocenters. The van der Waals surface area contributed by atoms with E-state index >= 15 is 0 Å². The Morgan fingerprint density at radius 3 is 2.00 bits per heavy atom. The normalized spacial score (nSPS) is 10.8. The van der Waals surface area contributed by atoms with Gasteiger partial charge in [0.2, 0.25) is 0 Å². The van der Waals surface area contributed by atoms with E-state index in [4.69, 9.17) is 0 Å². The molecule has 22 heavy (non-hydrogen) atoms. The van der Waals surface area contributed by atoms with Gasteiger partial charge in [-0.05, 0) is 48.9 Å². The number of rotatable bonds is 6. The molecule has 0 amide bonds. The summed E-state index contributed by atoms with van der Waals surface area (Å²) in [5.41, 5.74) is 2.87. The topological polar surface area (TPSA) is 58.2 Å². The summed E-state index contributed by atoms with van der Waals surface area (Å²) in [5, 5.41) is 3.09. The molecule has 0 aliphatic rings. The van der Waals surface area contributed by atoms with Gasteiger partial charge in [0.1, 0.15) is 0 Å². The average Bonchev–Trinajstić information content (AvgIpc) is 2.50. The maximum absolute atomic E-state index is 12.2. The number of anilines is 2. The second-order valence-electron chi connectivity index (χ2n) is 4.88. The highest BCUT2D eigenvalue weighted by molar-refractivity contribution is 7.92. The van der Waals surface area contributed by atoms with E-state index in [2.05, 4.69) is 23.2 Å². The van der Waals surface area contributed by atoms with Crippen LogP contribution in [-0.4, -0.2) is 8.42 Å². The first kappa shape index (κ1) is 15.9. The van der Waals surface area contributed by atoms with E-state index < -0.39 is 10.0 Å². The standard InChI is InChI=1S/C17H18N2O2S/c1-13(2)14(3)18-15-9-11-16(12-10-15)19-22(20,21)17-7-5-4-6-8-17/h4-12,18-19H,1,3H2,2H3. The number of hydrogen-bond donors (Lipinski definition) is 2. The summed E-state index contributed by atoms with van der Waals surface area (Å²) >= 11 is 0. The van der Waals surface area contributed by atoms with Crippen LogP contribution in [0.15, 0.2) is 83.9 Å². The van der Waals surface area contributed by atoms with Crippen molar-refractivity contribution in [2.75, 3.05) is 10.0 Å². The van der Waals surface area contributed by atoms with Gasteiger partial charge < -0.3 is 5.32 Å². The third-order valence-electron chi connectivity index (χ3n) is 3.00. The van der Waals surface area contributed by atoms with Crippen LogP contribution < -0.4 is 10.0 Å². The molecule has 2 aromatic carbocycles. The van der Waals surface area contributed by atoms with Gasteiger partial charge in [0.25, 0.3) is 10.0 Å².